The van der Waals surface area contributed by atoms with Crippen molar-refractivity contribution in [3.05, 3.63) is 28.2 Å². The molecule has 1 aromatic carbocycles. The summed E-state index contributed by atoms with van der Waals surface area (Å²) < 4.78 is 11.9. The van der Waals surface area contributed by atoms with Crippen LogP contribution < -0.4 is 4.74 Å². The molecule has 116 valence electrons. The molecule has 1 fully saturated rings. The van der Waals surface area contributed by atoms with Gasteiger partial charge in [-0.25, -0.2) is 0 Å². The van der Waals surface area contributed by atoms with E-state index in [9.17, 15) is 4.79 Å². The lowest BCUT2D eigenvalue weighted by atomic mass is 10.0. The first-order chi connectivity index (χ1) is 9.86. The van der Waals surface area contributed by atoms with Crippen LogP contribution in [-0.4, -0.2) is 48.0 Å². The highest BCUT2D eigenvalue weighted by molar-refractivity contribution is 9.10. The van der Waals surface area contributed by atoms with Gasteiger partial charge < -0.3 is 14.4 Å². The fourth-order valence-corrected chi connectivity index (χ4v) is 3.25. The first kappa shape index (κ1) is 16.8. The lowest BCUT2D eigenvalue weighted by Gasteiger charge is -2.42. The zero-order valence-electron chi connectivity index (χ0n) is 12.4. The summed E-state index contributed by atoms with van der Waals surface area (Å²) >= 11 is 6.88. The van der Waals surface area contributed by atoms with Gasteiger partial charge in [-0.1, -0.05) is 15.9 Å². The second-order valence-corrected chi connectivity index (χ2v) is 7.19. The molecule has 0 N–H and O–H groups in total. The van der Waals surface area contributed by atoms with E-state index < -0.39 is 0 Å². The maximum absolute atomic E-state index is 12.8. The largest absolute Gasteiger partial charge is 0.497 e. The second-order valence-electron chi connectivity index (χ2n) is 5.69. The Morgan fingerprint density at radius 3 is 2.86 bits per heavy atom. The number of hydrogen-bond donors (Lipinski definition) is 0. The van der Waals surface area contributed by atoms with E-state index in [1.807, 2.05) is 30.9 Å². The fraction of sp³-hybridized carbons (Fsp3) is 0.533. The molecule has 0 aliphatic carbocycles. The summed E-state index contributed by atoms with van der Waals surface area (Å²) in [6, 6.07) is 5.42. The Balaban J connectivity index is 2.26. The molecule has 2 rings (SSSR count). The number of rotatable bonds is 3. The van der Waals surface area contributed by atoms with Gasteiger partial charge in [-0.15, -0.1) is 0 Å². The van der Waals surface area contributed by atoms with Gasteiger partial charge in [0.25, 0.3) is 5.91 Å². The number of amides is 1. The molecule has 1 saturated heterocycles. The molecule has 21 heavy (non-hydrogen) atoms. The number of benzene rings is 1. The Hall–Kier alpha value is -0.590. The lowest BCUT2D eigenvalue weighted by Crippen LogP contribution is -2.55. The molecule has 0 spiro atoms. The zero-order valence-corrected chi connectivity index (χ0v) is 15.5. The van der Waals surface area contributed by atoms with Crippen molar-refractivity contribution in [1.29, 1.82) is 0 Å². The minimum atomic E-state index is -0.350. The molecule has 4 nitrogen and oxygen atoms in total. The van der Waals surface area contributed by atoms with Crippen molar-refractivity contribution in [2.45, 2.75) is 25.6 Å². The average molecular weight is 421 g/mol. The molecule has 1 unspecified atom stereocenters. The van der Waals surface area contributed by atoms with E-state index in [0.717, 1.165) is 4.47 Å². The first-order valence-corrected chi connectivity index (χ1v) is 8.64. The van der Waals surface area contributed by atoms with E-state index in [1.165, 1.54) is 0 Å². The third-order valence-corrected chi connectivity index (χ3v) is 4.76. The number of methoxy groups -OCH3 is 1. The van der Waals surface area contributed by atoms with Crippen LogP contribution in [-0.2, 0) is 4.74 Å². The molecular formula is C15H19Br2NO3. The lowest BCUT2D eigenvalue weighted by molar-refractivity contribution is -0.116. The van der Waals surface area contributed by atoms with E-state index in [1.54, 1.807) is 13.2 Å². The van der Waals surface area contributed by atoms with Gasteiger partial charge in [0, 0.05) is 22.9 Å². The molecule has 0 saturated carbocycles. The van der Waals surface area contributed by atoms with Crippen molar-refractivity contribution in [2.24, 2.45) is 0 Å². The van der Waals surface area contributed by atoms with Gasteiger partial charge >= 0.3 is 0 Å². The van der Waals surface area contributed by atoms with Gasteiger partial charge in [0.1, 0.15) is 5.75 Å². The molecule has 1 aliphatic heterocycles. The standard InChI is InChI=1S/C15H19Br2NO3/c1-15(2)9-18(8-11(7-16)21-15)14(19)12-6-10(20-3)4-5-13(12)17/h4-6,11H,7-9H2,1-3H3. The van der Waals surface area contributed by atoms with Gasteiger partial charge in [-0.2, -0.15) is 0 Å². The van der Waals surface area contributed by atoms with Crippen LogP contribution >= 0.6 is 31.9 Å². The van der Waals surface area contributed by atoms with E-state index >= 15 is 0 Å². The molecule has 1 heterocycles. The monoisotopic (exact) mass is 419 g/mol. The van der Waals surface area contributed by atoms with Gasteiger partial charge in [-0.05, 0) is 48.0 Å². The Morgan fingerprint density at radius 1 is 1.52 bits per heavy atom. The minimum absolute atomic E-state index is 0.00193. The third-order valence-electron chi connectivity index (χ3n) is 3.34. The summed E-state index contributed by atoms with van der Waals surface area (Å²) in [6.07, 6.45) is 0.00193. The predicted octanol–water partition coefficient (Wildman–Crippen LogP) is 3.47. The van der Waals surface area contributed by atoms with Crippen molar-refractivity contribution in [1.82, 2.24) is 4.90 Å². The van der Waals surface area contributed by atoms with Crippen molar-refractivity contribution in [2.75, 3.05) is 25.5 Å². The molecule has 1 atom stereocenters. The molecule has 1 aliphatic rings. The normalized spacial score (nSPS) is 21.2. The SMILES string of the molecule is COc1ccc(Br)c(C(=O)N2CC(CBr)OC(C)(C)C2)c1. The highest BCUT2D eigenvalue weighted by Crippen LogP contribution is 2.27. The number of nitrogens with zero attached hydrogens (tertiary/aromatic N) is 1. The highest BCUT2D eigenvalue weighted by atomic mass is 79.9. The second kappa shape index (κ2) is 6.67. The summed E-state index contributed by atoms with van der Waals surface area (Å²) in [5.41, 5.74) is 0.262. The molecule has 0 radical (unpaired) electrons. The van der Waals surface area contributed by atoms with Crippen molar-refractivity contribution >= 4 is 37.8 Å². The highest BCUT2D eigenvalue weighted by Gasteiger charge is 2.35. The van der Waals surface area contributed by atoms with Crippen LogP contribution in [0.1, 0.15) is 24.2 Å². The number of alkyl halides is 1. The summed E-state index contributed by atoms with van der Waals surface area (Å²) in [5.74, 6) is 0.661. The number of halogens is 2. The van der Waals surface area contributed by atoms with E-state index in [-0.39, 0.29) is 17.6 Å². The van der Waals surface area contributed by atoms with E-state index in [0.29, 0.717) is 29.7 Å². The van der Waals surface area contributed by atoms with Crippen molar-refractivity contribution in [3.8, 4) is 5.75 Å². The Morgan fingerprint density at radius 2 is 2.24 bits per heavy atom. The number of carbonyl (C=O) groups excluding carboxylic acids is 1. The molecular weight excluding hydrogens is 402 g/mol. The van der Waals surface area contributed by atoms with Gasteiger partial charge in [0.05, 0.1) is 24.4 Å². The zero-order chi connectivity index (χ0) is 15.6. The summed E-state index contributed by atoms with van der Waals surface area (Å²) in [7, 11) is 1.59. The molecule has 1 amide bonds. The summed E-state index contributed by atoms with van der Waals surface area (Å²) in [5, 5.41) is 0.708. The maximum atomic E-state index is 12.8. The number of ether oxygens (including phenoxy) is 2. The van der Waals surface area contributed by atoms with Gasteiger partial charge in [0.15, 0.2) is 0 Å². The number of morpholine rings is 1. The predicted molar refractivity (Wildman–Crippen MR) is 89.3 cm³/mol. The summed E-state index contributed by atoms with van der Waals surface area (Å²) in [6.45, 7) is 5.15. The van der Waals surface area contributed by atoms with Crippen LogP contribution in [0.25, 0.3) is 0 Å². The van der Waals surface area contributed by atoms with E-state index in [4.69, 9.17) is 9.47 Å². The van der Waals surface area contributed by atoms with Crippen LogP contribution in [0.5, 0.6) is 5.75 Å². The van der Waals surface area contributed by atoms with Gasteiger partial charge in [-0.3, -0.25) is 4.79 Å². The smallest absolute Gasteiger partial charge is 0.255 e. The quantitative estimate of drug-likeness (QED) is 0.702. The Bertz CT molecular complexity index is 534. The van der Waals surface area contributed by atoms with Crippen molar-refractivity contribution in [3.63, 3.8) is 0 Å². The van der Waals surface area contributed by atoms with Crippen LogP contribution in [0.15, 0.2) is 22.7 Å². The molecule has 0 aromatic heterocycles. The van der Waals surface area contributed by atoms with Crippen LogP contribution in [0.4, 0.5) is 0 Å². The topological polar surface area (TPSA) is 38.8 Å². The van der Waals surface area contributed by atoms with Crippen LogP contribution in [0.3, 0.4) is 0 Å². The maximum Gasteiger partial charge on any atom is 0.255 e. The molecule has 0 bridgehead atoms. The molecule has 6 heteroatoms. The van der Waals surface area contributed by atoms with Crippen LogP contribution in [0.2, 0.25) is 0 Å². The minimum Gasteiger partial charge on any atom is -0.497 e. The third kappa shape index (κ3) is 3.99. The van der Waals surface area contributed by atoms with Gasteiger partial charge in [0.2, 0.25) is 0 Å². The Kier molecular flexibility index (Phi) is 5.33. The summed E-state index contributed by atoms with van der Waals surface area (Å²) in [4.78, 5) is 14.6. The Labute approximate surface area is 142 Å². The average Bonchev–Trinajstić information content (AvgIpc) is 2.45. The van der Waals surface area contributed by atoms with Crippen LogP contribution in [0, 0.1) is 0 Å². The number of hydrogen-bond acceptors (Lipinski definition) is 3. The first-order valence-electron chi connectivity index (χ1n) is 6.73. The van der Waals surface area contributed by atoms with Crippen molar-refractivity contribution < 1.29 is 14.3 Å². The fourth-order valence-electron chi connectivity index (χ4n) is 2.50. The number of carbonyl (C=O) groups is 1. The van der Waals surface area contributed by atoms with E-state index in [2.05, 4.69) is 31.9 Å². The molecule has 1 aromatic rings.